The molecular formula is C11H22N4O2S2. The molecule has 0 radical (unpaired) electrons. The Hall–Kier alpha value is -0.570. The van der Waals surface area contributed by atoms with Gasteiger partial charge in [-0.15, -0.1) is 0 Å². The molecule has 1 unspecified atom stereocenters. The largest absolute Gasteiger partial charge is 0.329 e. The van der Waals surface area contributed by atoms with Crippen LogP contribution in [-0.2, 0) is 16.6 Å². The molecule has 0 aliphatic rings. The van der Waals surface area contributed by atoms with Crippen LogP contribution in [0.15, 0.2) is 4.90 Å². The molecule has 0 saturated carbocycles. The quantitative estimate of drug-likeness (QED) is 0.765. The average molecular weight is 306 g/mol. The van der Waals surface area contributed by atoms with Crippen molar-refractivity contribution in [1.82, 2.24) is 14.5 Å². The van der Waals surface area contributed by atoms with E-state index in [1.165, 1.54) is 0 Å². The highest BCUT2D eigenvalue weighted by Crippen LogP contribution is 2.19. The minimum Gasteiger partial charge on any atom is -0.329 e. The smallest absolute Gasteiger partial charge is 0.244 e. The predicted molar refractivity (Wildman–Crippen MR) is 78.9 cm³/mol. The lowest BCUT2D eigenvalue weighted by Gasteiger charge is -2.11. The van der Waals surface area contributed by atoms with E-state index in [0.29, 0.717) is 31.0 Å². The van der Waals surface area contributed by atoms with Crippen molar-refractivity contribution in [1.29, 1.82) is 0 Å². The molecule has 0 bridgehead atoms. The van der Waals surface area contributed by atoms with Crippen molar-refractivity contribution in [2.75, 3.05) is 19.3 Å². The van der Waals surface area contributed by atoms with Gasteiger partial charge < -0.3 is 5.73 Å². The van der Waals surface area contributed by atoms with Gasteiger partial charge in [-0.2, -0.15) is 16.9 Å². The van der Waals surface area contributed by atoms with Gasteiger partial charge in [0.1, 0.15) is 4.90 Å². The van der Waals surface area contributed by atoms with Crippen LogP contribution in [0.2, 0.25) is 0 Å². The zero-order valence-corrected chi connectivity index (χ0v) is 13.4. The lowest BCUT2D eigenvalue weighted by molar-refractivity contribution is 0.577. The zero-order valence-electron chi connectivity index (χ0n) is 11.8. The van der Waals surface area contributed by atoms with E-state index < -0.39 is 10.0 Å². The zero-order chi connectivity index (χ0) is 14.6. The molecular weight excluding hydrogens is 284 g/mol. The maximum absolute atomic E-state index is 12.3. The second-order valence-corrected chi connectivity index (χ2v) is 7.39. The van der Waals surface area contributed by atoms with Crippen molar-refractivity contribution in [2.24, 2.45) is 5.73 Å². The van der Waals surface area contributed by atoms with Crippen LogP contribution in [0.4, 0.5) is 0 Å². The number of nitrogens with zero attached hydrogens (tertiary/aromatic N) is 2. The minimum atomic E-state index is -3.51. The van der Waals surface area contributed by atoms with Gasteiger partial charge in [0.2, 0.25) is 10.0 Å². The average Bonchev–Trinajstić information content (AvgIpc) is 2.62. The van der Waals surface area contributed by atoms with E-state index in [1.807, 2.05) is 13.2 Å². The topological polar surface area (TPSA) is 90.0 Å². The monoisotopic (exact) mass is 306 g/mol. The molecule has 0 aliphatic heterocycles. The second kappa shape index (κ2) is 6.74. The van der Waals surface area contributed by atoms with Gasteiger partial charge >= 0.3 is 0 Å². The van der Waals surface area contributed by atoms with Gasteiger partial charge in [-0.3, -0.25) is 4.68 Å². The summed E-state index contributed by atoms with van der Waals surface area (Å²) in [4.78, 5) is 0.272. The van der Waals surface area contributed by atoms with Crippen molar-refractivity contribution in [3.8, 4) is 0 Å². The number of thioether (sulfide) groups is 1. The minimum absolute atomic E-state index is 0.231. The van der Waals surface area contributed by atoms with Gasteiger partial charge in [-0.1, -0.05) is 6.92 Å². The lowest BCUT2D eigenvalue weighted by atomic mass is 10.4. The van der Waals surface area contributed by atoms with E-state index in [1.54, 1.807) is 30.3 Å². The highest BCUT2D eigenvalue weighted by atomic mass is 32.2. The molecule has 1 atom stereocenters. The van der Waals surface area contributed by atoms with Crippen LogP contribution in [0.25, 0.3) is 0 Å². The third-order valence-corrected chi connectivity index (χ3v) is 5.53. The Morgan fingerprint density at radius 2 is 2.11 bits per heavy atom. The second-order valence-electron chi connectivity index (χ2n) is 4.41. The number of hydrogen-bond donors (Lipinski definition) is 2. The lowest BCUT2D eigenvalue weighted by Crippen LogP contribution is -2.30. The molecule has 3 N–H and O–H groups in total. The Kier molecular flexibility index (Phi) is 5.84. The molecule has 19 heavy (non-hydrogen) atoms. The maximum Gasteiger partial charge on any atom is 0.244 e. The molecule has 8 heteroatoms. The Bertz CT molecular complexity index is 525. The molecule has 110 valence electrons. The fourth-order valence-corrected chi connectivity index (χ4v) is 3.69. The van der Waals surface area contributed by atoms with E-state index in [0.717, 1.165) is 0 Å². The van der Waals surface area contributed by atoms with Crippen LogP contribution in [0.3, 0.4) is 0 Å². The fraction of sp³-hybridized carbons (Fsp3) is 0.727. The summed E-state index contributed by atoms with van der Waals surface area (Å²) in [5, 5.41) is 4.46. The predicted octanol–water partition coefficient (Wildman–Crippen LogP) is 0.488. The van der Waals surface area contributed by atoms with Crippen LogP contribution < -0.4 is 10.5 Å². The third-order valence-electron chi connectivity index (χ3n) is 2.89. The molecule has 1 heterocycles. The molecule has 1 rings (SSSR count). The summed E-state index contributed by atoms with van der Waals surface area (Å²) < 4.78 is 28.9. The molecule has 6 nitrogen and oxygen atoms in total. The number of rotatable bonds is 7. The Labute approximate surface area is 119 Å². The molecule has 0 spiro atoms. The number of nitrogens with two attached hydrogens (primary N) is 1. The molecule has 0 aromatic carbocycles. The number of hydrogen-bond acceptors (Lipinski definition) is 5. The van der Waals surface area contributed by atoms with Crippen molar-refractivity contribution < 1.29 is 8.42 Å². The molecule has 0 aliphatic carbocycles. The first kappa shape index (κ1) is 16.5. The standard InChI is InChI=1S/C11H22N4O2S2/c1-8(18-4)7-13-19(16,17)11-9(2)14-15(6-5-12)10(11)3/h8,13H,5-7,12H2,1-4H3. The van der Waals surface area contributed by atoms with Crippen molar-refractivity contribution in [3.63, 3.8) is 0 Å². The van der Waals surface area contributed by atoms with Gasteiger partial charge in [-0.25, -0.2) is 13.1 Å². The molecule has 0 saturated heterocycles. The fourth-order valence-electron chi connectivity index (χ4n) is 1.79. The summed E-state index contributed by atoms with van der Waals surface area (Å²) in [5.41, 5.74) is 6.63. The molecule has 0 amide bonds. The Morgan fingerprint density at radius 3 is 2.63 bits per heavy atom. The summed E-state index contributed by atoms with van der Waals surface area (Å²) >= 11 is 1.62. The van der Waals surface area contributed by atoms with Crippen molar-refractivity contribution in [3.05, 3.63) is 11.4 Å². The van der Waals surface area contributed by atoms with Crippen molar-refractivity contribution in [2.45, 2.75) is 37.5 Å². The van der Waals surface area contributed by atoms with Crippen molar-refractivity contribution >= 4 is 21.8 Å². The Morgan fingerprint density at radius 1 is 1.47 bits per heavy atom. The summed E-state index contributed by atoms with van der Waals surface area (Å²) in [6.07, 6.45) is 1.95. The summed E-state index contributed by atoms with van der Waals surface area (Å²) in [6, 6.07) is 0. The number of sulfonamides is 1. The van der Waals surface area contributed by atoms with E-state index in [9.17, 15) is 8.42 Å². The van der Waals surface area contributed by atoms with Crippen LogP contribution in [0.1, 0.15) is 18.3 Å². The van der Waals surface area contributed by atoms with Gasteiger partial charge in [0.05, 0.1) is 17.9 Å². The van der Waals surface area contributed by atoms with E-state index in [2.05, 4.69) is 9.82 Å². The molecule has 1 aromatic heterocycles. The van der Waals surface area contributed by atoms with Gasteiger partial charge in [0.15, 0.2) is 0 Å². The SMILES string of the molecule is CSC(C)CNS(=O)(=O)c1c(C)nn(CCN)c1C. The highest BCUT2D eigenvalue weighted by Gasteiger charge is 2.24. The van der Waals surface area contributed by atoms with Crippen LogP contribution in [0.5, 0.6) is 0 Å². The number of aromatic nitrogens is 2. The first-order valence-corrected chi connectivity index (χ1v) is 8.87. The van der Waals surface area contributed by atoms with E-state index in [-0.39, 0.29) is 10.1 Å². The summed E-state index contributed by atoms with van der Waals surface area (Å²) in [6.45, 7) is 6.78. The van der Waals surface area contributed by atoms with Crippen LogP contribution in [-0.4, -0.2) is 42.8 Å². The third kappa shape index (κ3) is 3.95. The van der Waals surface area contributed by atoms with Crippen LogP contribution in [0, 0.1) is 13.8 Å². The summed E-state index contributed by atoms with van der Waals surface area (Å²) in [7, 11) is -3.51. The molecule has 0 fully saturated rings. The van der Waals surface area contributed by atoms with Gasteiger partial charge in [-0.05, 0) is 20.1 Å². The van der Waals surface area contributed by atoms with E-state index in [4.69, 9.17) is 5.73 Å². The normalized spacial score (nSPS) is 13.7. The first-order chi connectivity index (χ1) is 8.83. The Balaban J connectivity index is 3.01. The number of aryl methyl sites for hydroxylation is 1. The summed E-state index contributed by atoms with van der Waals surface area (Å²) in [5.74, 6) is 0. The maximum atomic E-state index is 12.3. The highest BCUT2D eigenvalue weighted by molar-refractivity contribution is 7.99. The van der Waals surface area contributed by atoms with Gasteiger partial charge in [0, 0.05) is 18.3 Å². The number of nitrogens with one attached hydrogen (secondary N) is 1. The van der Waals surface area contributed by atoms with E-state index >= 15 is 0 Å². The van der Waals surface area contributed by atoms with Crippen LogP contribution >= 0.6 is 11.8 Å². The van der Waals surface area contributed by atoms with Gasteiger partial charge in [0.25, 0.3) is 0 Å². The molecule has 1 aromatic rings. The first-order valence-electron chi connectivity index (χ1n) is 6.10.